The van der Waals surface area contributed by atoms with Crippen LogP contribution in [0.25, 0.3) is 54.7 Å². The average molecular weight is 426 g/mol. The molecule has 0 aliphatic carbocycles. The van der Waals surface area contributed by atoms with Crippen LogP contribution >= 0.6 is 0 Å². The number of aromatic amines is 1. The summed E-state index contributed by atoms with van der Waals surface area (Å²) in [5.41, 5.74) is 2.65. The highest BCUT2D eigenvalue weighted by Gasteiger charge is 2.17. The Morgan fingerprint density at radius 3 is 2.24 bits per heavy atom. The Labute approximate surface area is 189 Å². The molecule has 0 radical (unpaired) electrons. The number of hydrogen-bond acceptors (Lipinski definition) is 3. The molecule has 0 bridgehead atoms. The van der Waals surface area contributed by atoms with E-state index < -0.39 is 5.56 Å². The maximum atomic E-state index is 13.0. The fraction of sp³-hybridized carbons (Fsp3) is 0.0345. The van der Waals surface area contributed by atoms with E-state index in [1.54, 1.807) is 7.11 Å². The van der Waals surface area contributed by atoms with Crippen LogP contribution in [0.4, 0.5) is 0 Å². The van der Waals surface area contributed by atoms with E-state index in [1.807, 2.05) is 36.4 Å². The van der Waals surface area contributed by atoms with Crippen molar-refractivity contribution in [3.63, 3.8) is 0 Å². The van der Waals surface area contributed by atoms with Crippen molar-refractivity contribution in [2.45, 2.75) is 0 Å². The molecule has 1 N–H and O–H groups in total. The Hall–Kier alpha value is -4.62. The lowest BCUT2D eigenvalue weighted by Gasteiger charge is -2.15. The van der Waals surface area contributed by atoms with Crippen LogP contribution < -0.4 is 10.3 Å². The van der Waals surface area contributed by atoms with E-state index in [2.05, 4.69) is 59.6 Å². The predicted octanol–water partition coefficient (Wildman–Crippen LogP) is 6.49. The number of pyridine rings is 1. The van der Waals surface area contributed by atoms with Gasteiger partial charge in [-0.3, -0.25) is 4.79 Å². The number of rotatable bonds is 3. The van der Waals surface area contributed by atoms with Gasteiger partial charge in [-0.2, -0.15) is 5.26 Å². The molecule has 0 unspecified atom stereocenters. The molecular weight excluding hydrogens is 408 g/mol. The normalized spacial score (nSPS) is 11.3. The first-order valence-corrected chi connectivity index (χ1v) is 10.7. The van der Waals surface area contributed by atoms with E-state index in [1.165, 1.54) is 16.2 Å². The molecule has 6 aromatic rings. The predicted molar refractivity (Wildman–Crippen MR) is 133 cm³/mol. The quantitative estimate of drug-likeness (QED) is 0.329. The number of benzene rings is 5. The first kappa shape index (κ1) is 19.1. The van der Waals surface area contributed by atoms with Gasteiger partial charge in [-0.15, -0.1) is 0 Å². The van der Waals surface area contributed by atoms with E-state index in [9.17, 15) is 10.1 Å². The molecule has 0 saturated carbocycles. The molecule has 1 aromatic heterocycles. The summed E-state index contributed by atoms with van der Waals surface area (Å²) in [6, 6.07) is 30.3. The summed E-state index contributed by atoms with van der Waals surface area (Å²) in [4.78, 5) is 15.8. The number of hydrogen-bond donors (Lipinski definition) is 1. The summed E-state index contributed by atoms with van der Waals surface area (Å²) in [5, 5.41) is 16.7. The zero-order chi connectivity index (χ0) is 22.5. The number of H-pyrrole nitrogens is 1. The minimum atomic E-state index is -0.404. The summed E-state index contributed by atoms with van der Waals surface area (Å²) < 4.78 is 5.34. The number of nitrogens with one attached hydrogen (secondary N) is 1. The van der Waals surface area contributed by atoms with E-state index >= 15 is 0 Å². The van der Waals surface area contributed by atoms with Gasteiger partial charge >= 0.3 is 0 Å². The smallest absolute Gasteiger partial charge is 0.266 e. The number of aromatic nitrogens is 1. The highest BCUT2D eigenvalue weighted by molar-refractivity contribution is 6.25. The van der Waals surface area contributed by atoms with Crippen molar-refractivity contribution in [3.05, 3.63) is 101 Å². The van der Waals surface area contributed by atoms with Gasteiger partial charge in [-0.25, -0.2) is 0 Å². The fourth-order valence-electron chi connectivity index (χ4n) is 4.80. The zero-order valence-electron chi connectivity index (χ0n) is 17.8. The van der Waals surface area contributed by atoms with Gasteiger partial charge in [0.25, 0.3) is 5.56 Å². The third kappa shape index (κ3) is 2.87. The standard InChI is InChI=1S/C29H18N2O2/c1-33-21-7-3-6-20(14-21)26-15-24(25(16-30)29(32)31-26)22-12-10-19-9-8-17-4-2-5-18-11-13-23(22)28(19)27(17)18/h2-15H,1H3,(H,31,32). The second-order valence-electron chi connectivity index (χ2n) is 8.11. The molecule has 1 heterocycles. The van der Waals surface area contributed by atoms with Crippen LogP contribution in [0, 0.1) is 11.3 Å². The van der Waals surface area contributed by atoms with Gasteiger partial charge in [-0.1, -0.05) is 66.7 Å². The van der Waals surface area contributed by atoms with Crippen LogP contribution in [0.1, 0.15) is 5.56 Å². The van der Waals surface area contributed by atoms with Crippen LogP contribution in [0.15, 0.2) is 89.7 Å². The summed E-state index contributed by atoms with van der Waals surface area (Å²) in [6.07, 6.45) is 0. The first-order valence-electron chi connectivity index (χ1n) is 10.7. The van der Waals surface area contributed by atoms with Crippen molar-refractivity contribution in [2.75, 3.05) is 7.11 Å². The highest BCUT2D eigenvalue weighted by atomic mass is 16.5. The molecule has 0 saturated heterocycles. The molecule has 0 spiro atoms. The number of methoxy groups -OCH3 is 1. The number of nitriles is 1. The molecule has 4 nitrogen and oxygen atoms in total. The van der Waals surface area contributed by atoms with Gasteiger partial charge in [0.1, 0.15) is 17.4 Å². The number of ether oxygens (including phenoxy) is 1. The monoisotopic (exact) mass is 426 g/mol. The van der Waals surface area contributed by atoms with E-state index in [0.717, 1.165) is 27.3 Å². The molecule has 0 fully saturated rings. The minimum Gasteiger partial charge on any atom is -0.497 e. The fourth-order valence-corrected chi connectivity index (χ4v) is 4.80. The lowest BCUT2D eigenvalue weighted by atomic mass is 9.88. The third-order valence-corrected chi connectivity index (χ3v) is 6.34. The first-order chi connectivity index (χ1) is 16.2. The Balaban J connectivity index is 1.69. The molecule has 0 amide bonds. The SMILES string of the molecule is COc1cccc(-c2cc(-c3ccc4ccc5cccc6ccc3c4c56)c(C#N)c(=O)[nH]2)c1. The second-order valence-corrected chi connectivity index (χ2v) is 8.11. The summed E-state index contributed by atoms with van der Waals surface area (Å²) in [6.45, 7) is 0. The van der Waals surface area contributed by atoms with Crippen molar-refractivity contribution < 1.29 is 4.74 Å². The minimum absolute atomic E-state index is 0.108. The van der Waals surface area contributed by atoms with Gasteiger partial charge in [0.15, 0.2) is 0 Å². The molecule has 156 valence electrons. The Kier molecular flexibility index (Phi) is 4.18. The Bertz CT molecular complexity index is 1770. The van der Waals surface area contributed by atoms with E-state index in [4.69, 9.17) is 4.74 Å². The second kappa shape index (κ2) is 7.22. The summed E-state index contributed by atoms with van der Waals surface area (Å²) >= 11 is 0. The van der Waals surface area contributed by atoms with Crippen LogP contribution in [0.5, 0.6) is 5.75 Å². The van der Waals surface area contributed by atoms with E-state index in [0.29, 0.717) is 17.0 Å². The van der Waals surface area contributed by atoms with Gasteiger partial charge < -0.3 is 9.72 Å². The van der Waals surface area contributed by atoms with Crippen LogP contribution in [0.2, 0.25) is 0 Å². The number of nitrogens with zero attached hydrogens (tertiary/aromatic N) is 1. The zero-order valence-corrected chi connectivity index (χ0v) is 17.8. The molecule has 5 aromatic carbocycles. The molecule has 4 heteroatoms. The van der Waals surface area contributed by atoms with Gasteiger partial charge in [0.05, 0.1) is 7.11 Å². The van der Waals surface area contributed by atoms with E-state index in [-0.39, 0.29) is 5.56 Å². The van der Waals surface area contributed by atoms with Gasteiger partial charge in [0.2, 0.25) is 0 Å². The maximum absolute atomic E-state index is 13.0. The topological polar surface area (TPSA) is 65.9 Å². The van der Waals surface area contributed by atoms with Gasteiger partial charge in [0, 0.05) is 16.8 Å². The highest BCUT2D eigenvalue weighted by Crippen LogP contribution is 2.40. The van der Waals surface area contributed by atoms with Gasteiger partial charge in [-0.05, 0) is 56.1 Å². The van der Waals surface area contributed by atoms with Crippen LogP contribution in [0.3, 0.4) is 0 Å². The van der Waals surface area contributed by atoms with Crippen molar-refractivity contribution in [1.29, 1.82) is 5.26 Å². The van der Waals surface area contributed by atoms with Crippen molar-refractivity contribution in [1.82, 2.24) is 4.98 Å². The molecule has 33 heavy (non-hydrogen) atoms. The van der Waals surface area contributed by atoms with Crippen LogP contribution in [-0.2, 0) is 0 Å². The molecular formula is C29H18N2O2. The average Bonchev–Trinajstić information content (AvgIpc) is 2.86. The van der Waals surface area contributed by atoms with Crippen molar-refractivity contribution in [3.8, 4) is 34.2 Å². The molecule has 0 atom stereocenters. The van der Waals surface area contributed by atoms with Crippen molar-refractivity contribution in [2.24, 2.45) is 0 Å². The third-order valence-electron chi connectivity index (χ3n) is 6.34. The summed E-state index contributed by atoms with van der Waals surface area (Å²) in [7, 11) is 1.61. The lowest BCUT2D eigenvalue weighted by Crippen LogP contribution is -2.12. The van der Waals surface area contributed by atoms with Crippen LogP contribution in [-0.4, -0.2) is 12.1 Å². The maximum Gasteiger partial charge on any atom is 0.266 e. The summed E-state index contributed by atoms with van der Waals surface area (Å²) in [5.74, 6) is 0.696. The Morgan fingerprint density at radius 1 is 0.788 bits per heavy atom. The molecule has 0 aliphatic heterocycles. The van der Waals surface area contributed by atoms with Crippen molar-refractivity contribution >= 4 is 32.3 Å². The molecule has 0 aliphatic rings. The molecule has 6 rings (SSSR count). The largest absolute Gasteiger partial charge is 0.497 e. The Morgan fingerprint density at radius 2 is 1.48 bits per heavy atom. The lowest BCUT2D eigenvalue weighted by molar-refractivity contribution is 0.415.